The van der Waals surface area contributed by atoms with Crippen LogP contribution in [-0.2, 0) is 6.42 Å². The molecule has 5 heteroatoms. The number of carbonyl (C=O) groups is 1. The third-order valence-electron chi connectivity index (χ3n) is 4.54. The van der Waals surface area contributed by atoms with Crippen molar-refractivity contribution in [3.63, 3.8) is 0 Å². The summed E-state index contributed by atoms with van der Waals surface area (Å²) in [5.74, 6) is 0.0485. The molecule has 0 aliphatic carbocycles. The third-order valence-corrected chi connectivity index (χ3v) is 5.71. The molecule has 0 saturated heterocycles. The molecule has 0 atom stereocenters. The fraction of sp³-hybridized carbons (Fsp3) is 0.250. The van der Waals surface area contributed by atoms with Gasteiger partial charge in [0.05, 0.1) is 17.1 Å². The first-order chi connectivity index (χ1) is 12.1. The van der Waals surface area contributed by atoms with E-state index in [2.05, 4.69) is 35.1 Å². The Bertz CT molecular complexity index is 933. The van der Waals surface area contributed by atoms with Crippen LogP contribution in [0.25, 0.3) is 10.7 Å². The van der Waals surface area contributed by atoms with Crippen molar-refractivity contribution in [2.75, 3.05) is 11.4 Å². The Morgan fingerprint density at radius 1 is 1.16 bits per heavy atom. The highest BCUT2D eigenvalue weighted by Crippen LogP contribution is 2.34. The molecular weight excluding hydrogens is 330 g/mol. The van der Waals surface area contributed by atoms with Gasteiger partial charge in [-0.25, -0.2) is 4.98 Å². The van der Waals surface area contributed by atoms with Crippen LogP contribution in [0, 0.1) is 13.8 Å². The van der Waals surface area contributed by atoms with Crippen molar-refractivity contribution in [2.45, 2.75) is 26.7 Å². The smallest absolute Gasteiger partial charge is 0.270 e. The lowest BCUT2D eigenvalue weighted by Gasteiger charge is -2.30. The number of fused-ring (bicyclic) bond motifs is 1. The lowest BCUT2D eigenvalue weighted by Crippen LogP contribution is -2.36. The maximum absolute atomic E-state index is 13.3. The predicted molar refractivity (Wildman–Crippen MR) is 101 cm³/mol. The summed E-state index contributed by atoms with van der Waals surface area (Å²) in [6, 6.07) is 12.0. The van der Waals surface area contributed by atoms with Crippen LogP contribution in [0.15, 0.2) is 42.6 Å². The van der Waals surface area contributed by atoms with E-state index in [9.17, 15) is 4.79 Å². The molecule has 2 aromatic heterocycles. The Hall–Kier alpha value is -2.53. The van der Waals surface area contributed by atoms with E-state index in [1.807, 2.05) is 30.0 Å². The SMILES string of the molecule is Cc1cccc2c1N(C(=O)c1sc(-c3ccccn3)nc1C)CCC2. The molecule has 0 radical (unpaired) electrons. The van der Waals surface area contributed by atoms with Crippen LogP contribution in [0.3, 0.4) is 0 Å². The number of anilines is 1. The minimum Gasteiger partial charge on any atom is -0.307 e. The van der Waals surface area contributed by atoms with Crippen LogP contribution in [0.1, 0.15) is 32.9 Å². The summed E-state index contributed by atoms with van der Waals surface area (Å²) in [4.78, 5) is 24.8. The minimum absolute atomic E-state index is 0.0485. The molecule has 1 aromatic carbocycles. The Labute approximate surface area is 151 Å². The number of pyridine rings is 1. The summed E-state index contributed by atoms with van der Waals surface area (Å²) < 4.78 is 0. The zero-order valence-corrected chi connectivity index (χ0v) is 15.1. The quantitative estimate of drug-likeness (QED) is 0.688. The molecule has 0 N–H and O–H groups in total. The minimum atomic E-state index is 0.0485. The van der Waals surface area contributed by atoms with E-state index in [0.29, 0.717) is 4.88 Å². The molecule has 0 spiro atoms. The van der Waals surface area contributed by atoms with Crippen LogP contribution in [0.2, 0.25) is 0 Å². The second-order valence-electron chi connectivity index (χ2n) is 6.29. The van der Waals surface area contributed by atoms with Crippen LogP contribution in [0.4, 0.5) is 5.69 Å². The standard InChI is InChI=1S/C20H19N3OS/c1-13-7-5-8-15-9-6-12-23(17(13)15)20(24)18-14(2)22-19(25-18)16-10-3-4-11-21-16/h3-5,7-8,10-11H,6,9,12H2,1-2H3. The molecule has 3 aromatic rings. The van der Waals surface area contributed by atoms with Gasteiger partial charge in [0.25, 0.3) is 5.91 Å². The predicted octanol–water partition coefficient (Wildman–Crippen LogP) is 4.41. The number of nitrogens with zero attached hydrogens (tertiary/aromatic N) is 3. The van der Waals surface area contributed by atoms with Crippen molar-refractivity contribution in [3.8, 4) is 10.7 Å². The molecule has 0 unspecified atom stereocenters. The average molecular weight is 349 g/mol. The van der Waals surface area contributed by atoms with Crippen LogP contribution < -0.4 is 4.90 Å². The normalized spacial score (nSPS) is 13.6. The second-order valence-corrected chi connectivity index (χ2v) is 7.29. The molecule has 1 amide bonds. The molecule has 0 fully saturated rings. The van der Waals surface area contributed by atoms with Crippen molar-refractivity contribution >= 4 is 22.9 Å². The van der Waals surface area contributed by atoms with Crippen molar-refractivity contribution < 1.29 is 4.79 Å². The van der Waals surface area contributed by atoms with Gasteiger partial charge < -0.3 is 4.90 Å². The lowest BCUT2D eigenvalue weighted by molar-refractivity contribution is 0.0988. The topological polar surface area (TPSA) is 46.1 Å². The summed E-state index contributed by atoms with van der Waals surface area (Å²) in [6.07, 6.45) is 3.77. The number of amides is 1. The third kappa shape index (κ3) is 2.85. The van der Waals surface area contributed by atoms with E-state index in [1.54, 1.807) is 6.20 Å². The number of aryl methyl sites for hydroxylation is 3. The van der Waals surface area contributed by atoms with E-state index in [-0.39, 0.29) is 5.91 Å². The van der Waals surface area contributed by atoms with Gasteiger partial charge in [0, 0.05) is 12.7 Å². The molecule has 1 aliphatic heterocycles. The Kier molecular flexibility index (Phi) is 4.09. The molecule has 0 bridgehead atoms. The zero-order chi connectivity index (χ0) is 17.4. The van der Waals surface area contributed by atoms with Gasteiger partial charge in [-0.05, 0) is 49.9 Å². The Morgan fingerprint density at radius 3 is 2.84 bits per heavy atom. The van der Waals surface area contributed by atoms with E-state index in [1.165, 1.54) is 16.9 Å². The number of aromatic nitrogens is 2. The highest BCUT2D eigenvalue weighted by atomic mass is 32.1. The highest BCUT2D eigenvalue weighted by molar-refractivity contribution is 7.17. The summed E-state index contributed by atoms with van der Waals surface area (Å²) in [7, 11) is 0. The maximum atomic E-state index is 13.3. The molecule has 126 valence electrons. The number of para-hydroxylation sites is 1. The molecule has 0 saturated carbocycles. The monoisotopic (exact) mass is 349 g/mol. The zero-order valence-electron chi connectivity index (χ0n) is 14.3. The number of thiazole rings is 1. The molecule has 1 aliphatic rings. The number of hydrogen-bond acceptors (Lipinski definition) is 4. The van der Waals surface area contributed by atoms with Crippen molar-refractivity contribution in [1.82, 2.24) is 9.97 Å². The van der Waals surface area contributed by atoms with Gasteiger partial charge >= 0.3 is 0 Å². The van der Waals surface area contributed by atoms with E-state index in [0.717, 1.165) is 47.0 Å². The first kappa shape index (κ1) is 16.0. The van der Waals surface area contributed by atoms with Gasteiger partial charge in [0.2, 0.25) is 0 Å². The fourth-order valence-electron chi connectivity index (χ4n) is 3.37. The van der Waals surface area contributed by atoms with E-state index < -0.39 is 0 Å². The number of rotatable bonds is 2. The molecule has 3 heterocycles. The van der Waals surface area contributed by atoms with Gasteiger partial charge in [-0.2, -0.15) is 0 Å². The maximum Gasteiger partial charge on any atom is 0.270 e. The molecule has 4 nitrogen and oxygen atoms in total. The lowest BCUT2D eigenvalue weighted by atomic mass is 9.98. The first-order valence-electron chi connectivity index (χ1n) is 8.44. The molecule has 25 heavy (non-hydrogen) atoms. The molecular formula is C20H19N3OS. The fourth-order valence-corrected chi connectivity index (χ4v) is 4.36. The summed E-state index contributed by atoms with van der Waals surface area (Å²) in [5, 5.41) is 0.795. The van der Waals surface area contributed by atoms with E-state index >= 15 is 0 Å². The largest absolute Gasteiger partial charge is 0.307 e. The number of benzene rings is 1. The first-order valence-corrected chi connectivity index (χ1v) is 9.26. The summed E-state index contributed by atoms with van der Waals surface area (Å²) >= 11 is 1.43. The summed E-state index contributed by atoms with van der Waals surface area (Å²) in [5.41, 5.74) is 5.07. The highest BCUT2D eigenvalue weighted by Gasteiger charge is 2.28. The van der Waals surface area contributed by atoms with E-state index in [4.69, 9.17) is 0 Å². The van der Waals surface area contributed by atoms with Gasteiger partial charge in [0.1, 0.15) is 9.88 Å². The van der Waals surface area contributed by atoms with Gasteiger partial charge in [-0.15, -0.1) is 11.3 Å². The Balaban J connectivity index is 1.73. The van der Waals surface area contributed by atoms with Crippen molar-refractivity contribution in [1.29, 1.82) is 0 Å². The van der Waals surface area contributed by atoms with Crippen molar-refractivity contribution in [2.24, 2.45) is 0 Å². The van der Waals surface area contributed by atoms with Crippen LogP contribution in [0.5, 0.6) is 0 Å². The van der Waals surface area contributed by atoms with Crippen LogP contribution >= 0.6 is 11.3 Å². The number of hydrogen-bond donors (Lipinski definition) is 0. The van der Waals surface area contributed by atoms with Gasteiger partial charge in [-0.3, -0.25) is 9.78 Å². The van der Waals surface area contributed by atoms with Crippen LogP contribution in [-0.4, -0.2) is 22.4 Å². The Morgan fingerprint density at radius 2 is 2.04 bits per heavy atom. The van der Waals surface area contributed by atoms with Gasteiger partial charge in [0.15, 0.2) is 0 Å². The van der Waals surface area contributed by atoms with Gasteiger partial charge in [-0.1, -0.05) is 24.3 Å². The number of carbonyl (C=O) groups excluding carboxylic acids is 1. The molecule has 4 rings (SSSR count). The second kappa shape index (κ2) is 6.41. The summed E-state index contributed by atoms with van der Waals surface area (Å²) in [6.45, 7) is 4.73. The van der Waals surface area contributed by atoms with Crippen molar-refractivity contribution in [3.05, 3.63) is 64.3 Å². The average Bonchev–Trinajstić information content (AvgIpc) is 3.03.